The molecule has 0 saturated heterocycles. The van der Waals surface area contributed by atoms with Crippen molar-refractivity contribution < 1.29 is 13.2 Å². The van der Waals surface area contributed by atoms with Crippen molar-refractivity contribution in [2.24, 2.45) is 0 Å². The lowest BCUT2D eigenvalue weighted by Gasteiger charge is -2.08. The molecule has 6 heteroatoms. The highest BCUT2D eigenvalue weighted by molar-refractivity contribution is 7.94. The Balaban J connectivity index is 2.99. The molecule has 3 nitrogen and oxygen atoms in total. The maximum Gasteiger partial charge on any atom is 0.197 e. The van der Waals surface area contributed by atoms with Crippen LogP contribution in [0.5, 0.6) is 0 Å². The Morgan fingerprint density at radius 2 is 1.81 bits per heavy atom. The van der Waals surface area contributed by atoms with Gasteiger partial charge in [-0.25, -0.2) is 8.42 Å². The smallest absolute Gasteiger partial charge is 0.197 e. The minimum absolute atomic E-state index is 0.166. The van der Waals surface area contributed by atoms with Gasteiger partial charge in [0.1, 0.15) is 0 Å². The van der Waals surface area contributed by atoms with E-state index < -0.39 is 20.3 Å². The molecule has 0 unspecified atom stereocenters. The molecule has 1 atom stereocenters. The van der Waals surface area contributed by atoms with Gasteiger partial charge in [-0.2, -0.15) is 0 Å². The van der Waals surface area contributed by atoms with Crippen LogP contribution in [0.4, 0.5) is 0 Å². The molecule has 0 heterocycles. The van der Waals surface area contributed by atoms with Crippen molar-refractivity contribution >= 4 is 38.8 Å². The van der Waals surface area contributed by atoms with Crippen molar-refractivity contribution in [2.45, 2.75) is 11.6 Å². The average molecular weight is 281 g/mol. The van der Waals surface area contributed by atoms with Gasteiger partial charge in [-0.1, -0.05) is 30.1 Å². The summed E-state index contributed by atoms with van der Waals surface area (Å²) in [6.45, 7) is 1.44. The fourth-order valence-corrected chi connectivity index (χ4v) is 2.44. The minimum Gasteiger partial charge on any atom is -0.291 e. The van der Waals surface area contributed by atoms with Crippen LogP contribution in [0.15, 0.2) is 24.3 Å². The van der Waals surface area contributed by atoms with E-state index in [4.69, 9.17) is 23.2 Å². The van der Waals surface area contributed by atoms with Crippen LogP contribution in [0.2, 0.25) is 5.02 Å². The number of ketones is 1. The van der Waals surface area contributed by atoms with Crippen LogP contribution in [-0.2, 0) is 9.84 Å². The molecular formula is C10H10Cl2O3S. The summed E-state index contributed by atoms with van der Waals surface area (Å²) < 4.78 is 21.3. The third-order valence-corrected chi connectivity index (χ3v) is 4.97. The van der Waals surface area contributed by atoms with Gasteiger partial charge in [0, 0.05) is 16.3 Å². The molecule has 0 saturated carbocycles. The number of rotatable bonds is 4. The van der Waals surface area contributed by atoms with Crippen molar-refractivity contribution in [1.82, 2.24) is 0 Å². The summed E-state index contributed by atoms with van der Waals surface area (Å²) in [5, 5.41) is 0.473. The van der Waals surface area contributed by atoms with Crippen molar-refractivity contribution in [3.8, 4) is 0 Å². The quantitative estimate of drug-likeness (QED) is 0.629. The van der Waals surface area contributed by atoms with E-state index in [1.165, 1.54) is 31.2 Å². The molecule has 0 amide bonds. The van der Waals surface area contributed by atoms with E-state index in [-0.39, 0.29) is 11.3 Å². The lowest BCUT2D eigenvalue weighted by molar-refractivity contribution is 0.101. The summed E-state index contributed by atoms with van der Waals surface area (Å²) in [5.74, 6) is -0.791. The van der Waals surface area contributed by atoms with E-state index in [1.807, 2.05) is 0 Å². The molecule has 0 fully saturated rings. The first-order chi connectivity index (χ1) is 7.38. The molecule has 0 bridgehead atoms. The van der Waals surface area contributed by atoms with E-state index in [2.05, 4.69) is 0 Å². The number of hydrogen-bond donors (Lipinski definition) is 0. The Bertz CT molecular complexity index is 479. The number of carbonyl (C=O) groups excluding carboxylic acids is 1. The number of Topliss-reactive ketones (excluding diaryl/α,β-unsaturated/α-hetero) is 1. The Kier molecular flexibility index (Phi) is 4.35. The van der Waals surface area contributed by atoms with Crippen LogP contribution in [-0.4, -0.2) is 24.7 Å². The van der Waals surface area contributed by atoms with Crippen molar-refractivity contribution in [3.63, 3.8) is 0 Å². The van der Waals surface area contributed by atoms with Crippen LogP contribution in [0.3, 0.4) is 0 Å². The summed E-state index contributed by atoms with van der Waals surface area (Å²) in [4.78, 5) is 11.7. The fourth-order valence-electron chi connectivity index (χ4n) is 1.05. The van der Waals surface area contributed by atoms with Crippen LogP contribution < -0.4 is 0 Å². The van der Waals surface area contributed by atoms with Crippen LogP contribution >= 0.6 is 23.2 Å². The van der Waals surface area contributed by atoms with Crippen LogP contribution in [0.25, 0.3) is 0 Å². The van der Waals surface area contributed by atoms with Crippen LogP contribution in [0.1, 0.15) is 17.3 Å². The van der Waals surface area contributed by atoms with Crippen molar-refractivity contribution in [3.05, 3.63) is 34.9 Å². The molecule has 0 aliphatic carbocycles. The molecule has 88 valence electrons. The largest absolute Gasteiger partial charge is 0.291 e. The minimum atomic E-state index is -3.57. The van der Waals surface area contributed by atoms with Crippen molar-refractivity contribution in [2.75, 3.05) is 5.75 Å². The summed E-state index contributed by atoms with van der Waals surface area (Å²) >= 11 is 11.3. The van der Waals surface area contributed by atoms with Gasteiger partial charge >= 0.3 is 0 Å². The summed E-state index contributed by atoms with van der Waals surface area (Å²) in [5.41, 5.74) is 0.237. The molecule has 1 rings (SSSR count). The molecule has 0 aromatic heterocycles. The lowest BCUT2D eigenvalue weighted by Crippen LogP contribution is -2.26. The first-order valence-corrected chi connectivity index (χ1v) is 7.07. The predicted molar refractivity (Wildman–Crippen MR) is 64.9 cm³/mol. The molecular weight excluding hydrogens is 271 g/mol. The molecule has 0 N–H and O–H groups in total. The Morgan fingerprint density at radius 1 is 1.31 bits per heavy atom. The lowest BCUT2D eigenvalue weighted by atomic mass is 10.1. The topological polar surface area (TPSA) is 51.2 Å². The summed E-state index contributed by atoms with van der Waals surface area (Å²) in [6, 6.07) is 5.92. The molecule has 0 aliphatic heterocycles. The first kappa shape index (κ1) is 13.5. The van der Waals surface area contributed by atoms with Gasteiger partial charge in [0.15, 0.2) is 20.3 Å². The highest BCUT2D eigenvalue weighted by Gasteiger charge is 2.29. The van der Waals surface area contributed by atoms with E-state index in [0.717, 1.165) is 0 Å². The van der Waals surface area contributed by atoms with E-state index >= 15 is 0 Å². The van der Waals surface area contributed by atoms with E-state index in [1.54, 1.807) is 0 Å². The third-order valence-electron chi connectivity index (χ3n) is 2.05. The van der Waals surface area contributed by atoms with Crippen molar-refractivity contribution in [1.29, 1.82) is 0 Å². The number of sulfone groups is 1. The van der Waals surface area contributed by atoms with E-state index in [9.17, 15) is 13.2 Å². The number of hydrogen-bond acceptors (Lipinski definition) is 3. The van der Waals surface area contributed by atoms with Gasteiger partial charge in [0.2, 0.25) is 0 Å². The van der Waals surface area contributed by atoms with Gasteiger partial charge in [-0.15, -0.1) is 0 Å². The monoisotopic (exact) mass is 280 g/mol. The SMILES string of the molecule is CCS(=O)(=O)[C@H](Cl)C(=O)c1ccc(Cl)cc1. The Morgan fingerprint density at radius 3 is 2.25 bits per heavy atom. The number of halogens is 2. The maximum atomic E-state index is 11.7. The summed E-state index contributed by atoms with van der Waals surface area (Å²) in [6.07, 6.45) is 0. The summed E-state index contributed by atoms with van der Waals surface area (Å²) in [7, 11) is -3.57. The van der Waals surface area contributed by atoms with Gasteiger partial charge < -0.3 is 0 Å². The zero-order valence-corrected chi connectivity index (χ0v) is 10.8. The zero-order chi connectivity index (χ0) is 12.3. The van der Waals surface area contributed by atoms with Crippen LogP contribution in [0, 0.1) is 0 Å². The number of carbonyl (C=O) groups is 1. The standard InChI is InChI=1S/C10H10Cl2O3S/c1-2-16(14,15)10(12)9(13)7-3-5-8(11)6-4-7/h3-6,10H,2H2,1H3/t10-/m0/s1. The highest BCUT2D eigenvalue weighted by atomic mass is 35.5. The second-order valence-electron chi connectivity index (χ2n) is 3.14. The van der Waals surface area contributed by atoms with Gasteiger partial charge in [-0.3, -0.25) is 4.79 Å². The predicted octanol–water partition coefficient (Wildman–Crippen LogP) is 2.52. The zero-order valence-electron chi connectivity index (χ0n) is 8.48. The van der Waals surface area contributed by atoms with E-state index in [0.29, 0.717) is 5.02 Å². The second kappa shape index (κ2) is 5.17. The molecule has 0 radical (unpaired) electrons. The van der Waals surface area contributed by atoms with Gasteiger partial charge in [0.05, 0.1) is 0 Å². The normalized spacial score (nSPS) is 13.4. The molecule has 0 aliphatic rings. The maximum absolute atomic E-state index is 11.7. The highest BCUT2D eigenvalue weighted by Crippen LogP contribution is 2.17. The molecule has 1 aromatic carbocycles. The second-order valence-corrected chi connectivity index (χ2v) is 6.64. The van der Waals surface area contributed by atoms with Gasteiger partial charge in [0.25, 0.3) is 0 Å². The number of benzene rings is 1. The molecule has 0 spiro atoms. The molecule has 16 heavy (non-hydrogen) atoms. The Labute approximate surface area is 104 Å². The number of alkyl halides is 1. The Hall–Kier alpha value is -0.580. The van der Waals surface area contributed by atoms with Gasteiger partial charge in [-0.05, 0) is 24.3 Å². The average Bonchev–Trinajstić information content (AvgIpc) is 2.28. The molecule has 1 aromatic rings. The fraction of sp³-hybridized carbons (Fsp3) is 0.300. The first-order valence-electron chi connectivity index (χ1n) is 4.54. The third kappa shape index (κ3) is 2.97.